The summed E-state index contributed by atoms with van der Waals surface area (Å²) in [5.41, 5.74) is 2.41. The molecule has 2 aromatic rings. The summed E-state index contributed by atoms with van der Waals surface area (Å²) in [7, 11) is 1.59. The molecule has 0 heterocycles. The molecule has 0 aliphatic carbocycles. The van der Waals surface area contributed by atoms with Crippen LogP contribution in [0.4, 0.5) is 0 Å². The zero-order valence-corrected chi connectivity index (χ0v) is 17.9. The van der Waals surface area contributed by atoms with E-state index in [-0.39, 0.29) is 17.1 Å². The van der Waals surface area contributed by atoms with Gasteiger partial charge in [0.1, 0.15) is 28.6 Å². The van der Waals surface area contributed by atoms with Crippen LogP contribution in [0.25, 0.3) is 6.08 Å². The predicted molar refractivity (Wildman–Crippen MR) is 124 cm³/mol. The Morgan fingerprint density at radius 2 is 1.52 bits per heavy atom. The number of rotatable bonds is 10. The monoisotopic (exact) mass is 418 g/mol. The molecular formula is C26H26O5. The smallest absolute Gasteiger partial charge is 0.193 e. The standard InChI is InChI=1S/C26H26O5/c1-18(2)12-14-30-22-16-24(28)26(25(17-22)31-15-13-19(3)4)23(27)11-8-20-6-9-21(29-5)10-7-20/h6-17,28H,1,3H2,2,4-5H3. The molecule has 31 heavy (non-hydrogen) atoms. The van der Waals surface area contributed by atoms with Crippen LogP contribution in [0, 0.1) is 0 Å². The molecule has 0 radical (unpaired) electrons. The molecule has 0 bridgehead atoms. The minimum Gasteiger partial charge on any atom is -0.507 e. The van der Waals surface area contributed by atoms with Crippen LogP contribution in [0.1, 0.15) is 29.8 Å². The first-order chi connectivity index (χ1) is 14.8. The number of ether oxygens (including phenoxy) is 3. The van der Waals surface area contributed by atoms with Crippen molar-refractivity contribution >= 4 is 11.9 Å². The molecule has 0 fully saturated rings. The Bertz CT molecular complexity index is 1040. The van der Waals surface area contributed by atoms with E-state index in [1.165, 1.54) is 30.7 Å². The third kappa shape index (κ3) is 7.40. The average Bonchev–Trinajstić information content (AvgIpc) is 2.71. The highest BCUT2D eigenvalue weighted by atomic mass is 16.5. The number of methoxy groups -OCH3 is 1. The van der Waals surface area contributed by atoms with Gasteiger partial charge in [-0.1, -0.05) is 42.5 Å². The molecular weight excluding hydrogens is 392 g/mol. The molecule has 2 rings (SSSR count). The number of ketones is 1. The number of hydrogen-bond donors (Lipinski definition) is 1. The van der Waals surface area contributed by atoms with E-state index in [4.69, 9.17) is 14.2 Å². The van der Waals surface area contributed by atoms with E-state index >= 15 is 0 Å². The zero-order valence-electron chi connectivity index (χ0n) is 17.9. The van der Waals surface area contributed by atoms with Crippen molar-refractivity contribution in [2.24, 2.45) is 0 Å². The second kappa shape index (κ2) is 11.3. The quantitative estimate of drug-likeness (QED) is 0.214. The lowest BCUT2D eigenvalue weighted by atomic mass is 10.1. The SMILES string of the molecule is C=C(C)C=COc1cc(O)c(C(=O)C=Cc2ccc(OC)cc2)c(OC=CC(=C)C)c1. The maximum atomic E-state index is 12.8. The highest BCUT2D eigenvalue weighted by molar-refractivity contribution is 6.10. The molecule has 0 amide bonds. The van der Waals surface area contributed by atoms with E-state index in [2.05, 4.69) is 13.2 Å². The van der Waals surface area contributed by atoms with E-state index in [0.717, 1.165) is 22.5 Å². The van der Waals surface area contributed by atoms with Crippen molar-refractivity contribution in [1.82, 2.24) is 0 Å². The fourth-order valence-electron chi connectivity index (χ4n) is 2.41. The van der Waals surface area contributed by atoms with Crippen molar-refractivity contribution in [2.45, 2.75) is 13.8 Å². The normalized spacial score (nSPS) is 11.2. The number of carbonyl (C=O) groups is 1. The maximum Gasteiger partial charge on any atom is 0.193 e. The first kappa shape index (κ1) is 23.3. The Balaban J connectivity index is 2.35. The van der Waals surface area contributed by atoms with Gasteiger partial charge in [-0.05, 0) is 49.8 Å². The number of phenolic OH excluding ortho intramolecular Hbond substituents is 1. The summed E-state index contributed by atoms with van der Waals surface area (Å²) in [4.78, 5) is 12.8. The van der Waals surface area contributed by atoms with Gasteiger partial charge in [0.2, 0.25) is 0 Å². The van der Waals surface area contributed by atoms with Crippen LogP contribution >= 0.6 is 0 Å². The van der Waals surface area contributed by atoms with Crippen molar-refractivity contribution in [3.63, 3.8) is 0 Å². The minimum atomic E-state index is -0.420. The Hall–Kier alpha value is -3.99. The van der Waals surface area contributed by atoms with E-state index in [9.17, 15) is 9.90 Å². The molecule has 160 valence electrons. The summed E-state index contributed by atoms with van der Waals surface area (Å²) >= 11 is 0. The lowest BCUT2D eigenvalue weighted by Crippen LogP contribution is -2.00. The van der Waals surface area contributed by atoms with Gasteiger partial charge in [-0.15, -0.1) is 0 Å². The van der Waals surface area contributed by atoms with Crippen molar-refractivity contribution in [1.29, 1.82) is 0 Å². The predicted octanol–water partition coefficient (Wildman–Crippen LogP) is 6.23. The van der Waals surface area contributed by atoms with E-state index in [1.807, 2.05) is 26.0 Å². The zero-order chi connectivity index (χ0) is 22.8. The first-order valence-electron chi connectivity index (χ1n) is 9.51. The van der Waals surface area contributed by atoms with Gasteiger partial charge in [-0.25, -0.2) is 0 Å². The summed E-state index contributed by atoms with van der Waals surface area (Å²) in [5, 5.41) is 10.5. The molecule has 0 aliphatic heterocycles. The van der Waals surface area contributed by atoms with Crippen LogP contribution in [0.15, 0.2) is 91.5 Å². The van der Waals surface area contributed by atoms with E-state index in [0.29, 0.717) is 5.75 Å². The van der Waals surface area contributed by atoms with Gasteiger partial charge >= 0.3 is 0 Å². The van der Waals surface area contributed by atoms with Gasteiger partial charge in [-0.3, -0.25) is 4.79 Å². The Labute approximate surface area is 182 Å². The van der Waals surface area contributed by atoms with Crippen LogP contribution in [-0.4, -0.2) is 18.0 Å². The number of allylic oxidation sites excluding steroid dienone is 5. The van der Waals surface area contributed by atoms with Crippen molar-refractivity contribution in [2.75, 3.05) is 7.11 Å². The van der Waals surface area contributed by atoms with Crippen LogP contribution in [0.2, 0.25) is 0 Å². The Kier molecular flexibility index (Phi) is 8.46. The average molecular weight is 418 g/mol. The number of aromatic hydroxyl groups is 1. The van der Waals surface area contributed by atoms with Gasteiger partial charge < -0.3 is 19.3 Å². The molecule has 5 nitrogen and oxygen atoms in total. The van der Waals surface area contributed by atoms with Gasteiger partial charge in [0, 0.05) is 12.1 Å². The van der Waals surface area contributed by atoms with Gasteiger partial charge in [0.25, 0.3) is 0 Å². The maximum absolute atomic E-state index is 12.8. The topological polar surface area (TPSA) is 65.0 Å². The summed E-state index contributed by atoms with van der Waals surface area (Å²) in [6, 6.07) is 10.1. The van der Waals surface area contributed by atoms with Crippen LogP contribution < -0.4 is 14.2 Å². The second-order valence-corrected chi connectivity index (χ2v) is 6.82. The van der Waals surface area contributed by atoms with Crippen LogP contribution in [-0.2, 0) is 0 Å². The highest BCUT2D eigenvalue weighted by Crippen LogP contribution is 2.34. The molecule has 5 heteroatoms. The van der Waals surface area contributed by atoms with E-state index < -0.39 is 5.78 Å². The third-order valence-corrected chi connectivity index (χ3v) is 3.95. The molecule has 1 N–H and O–H groups in total. The molecule has 0 saturated carbocycles. The first-order valence-corrected chi connectivity index (χ1v) is 9.51. The van der Waals surface area contributed by atoms with Crippen LogP contribution in [0.3, 0.4) is 0 Å². The molecule has 0 spiro atoms. The fourth-order valence-corrected chi connectivity index (χ4v) is 2.41. The van der Waals surface area contributed by atoms with Crippen LogP contribution in [0.5, 0.6) is 23.0 Å². The fraction of sp³-hybridized carbons (Fsp3) is 0.115. The summed E-state index contributed by atoms with van der Waals surface area (Å²) in [6.07, 6.45) is 9.18. The minimum absolute atomic E-state index is 0.0207. The van der Waals surface area contributed by atoms with Gasteiger partial charge in [-0.2, -0.15) is 0 Å². The lowest BCUT2D eigenvalue weighted by Gasteiger charge is -2.11. The molecule has 0 aromatic heterocycles. The van der Waals surface area contributed by atoms with Gasteiger partial charge in [0.05, 0.1) is 19.6 Å². The van der Waals surface area contributed by atoms with Crippen molar-refractivity contribution < 1.29 is 24.1 Å². The number of benzene rings is 2. The summed E-state index contributed by atoms with van der Waals surface area (Å²) < 4.78 is 16.2. The molecule has 0 saturated heterocycles. The highest BCUT2D eigenvalue weighted by Gasteiger charge is 2.18. The second-order valence-electron chi connectivity index (χ2n) is 6.82. The Morgan fingerprint density at radius 3 is 2.10 bits per heavy atom. The molecule has 0 atom stereocenters. The molecule has 0 aliphatic rings. The third-order valence-electron chi connectivity index (χ3n) is 3.95. The molecule has 2 aromatic carbocycles. The van der Waals surface area contributed by atoms with Crippen molar-refractivity contribution in [3.8, 4) is 23.0 Å². The number of hydrogen-bond acceptors (Lipinski definition) is 5. The molecule has 0 unspecified atom stereocenters. The van der Waals surface area contributed by atoms with Gasteiger partial charge in [0.15, 0.2) is 5.78 Å². The van der Waals surface area contributed by atoms with E-state index in [1.54, 1.807) is 37.5 Å². The van der Waals surface area contributed by atoms with Crippen molar-refractivity contribution in [3.05, 3.63) is 103 Å². The largest absolute Gasteiger partial charge is 0.507 e. The summed E-state index contributed by atoms with van der Waals surface area (Å²) in [6.45, 7) is 11.2. The Morgan fingerprint density at radius 1 is 0.903 bits per heavy atom. The lowest BCUT2D eigenvalue weighted by molar-refractivity contribution is 0.104. The summed E-state index contributed by atoms with van der Waals surface area (Å²) in [5.74, 6) is 0.503. The number of carbonyl (C=O) groups excluding carboxylic acids is 1. The number of phenols is 1.